The summed E-state index contributed by atoms with van der Waals surface area (Å²) in [6, 6.07) is 9.40. The molecule has 1 aliphatic heterocycles. The molecule has 1 amide bonds. The van der Waals surface area contributed by atoms with Crippen LogP contribution in [0.25, 0.3) is 5.76 Å². The van der Waals surface area contributed by atoms with E-state index in [-0.39, 0.29) is 28.3 Å². The van der Waals surface area contributed by atoms with E-state index >= 15 is 0 Å². The molecule has 0 aliphatic carbocycles. The molecule has 8 heteroatoms. The lowest BCUT2D eigenvalue weighted by molar-refractivity contribution is -0.140. The number of nitrogens with zero attached hydrogens (tertiary/aromatic N) is 2. The average Bonchev–Trinajstić information content (AvgIpc) is 2.98. The molecule has 6 nitrogen and oxygen atoms in total. The van der Waals surface area contributed by atoms with Gasteiger partial charge in [-0.25, -0.2) is 4.39 Å². The molecule has 2 aromatic carbocycles. The summed E-state index contributed by atoms with van der Waals surface area (Å²) in [6.45, 7) is 0.920. The van der Waals surface area contributed by atoms with Crippen LogP contribution < -0.4 is 4.74 Å². The van der Waals surface area contributed by atoms with Crippen LogP contribution in [0.5, 0.6) is 5.75 Å². The molecule has 3 rings (SSSR count). The maximum absolute atomic E-state index is 14.7. The predicted molar refractivity (Wildman–Crippen MR) is 117 cm³/mol. The zero-order valence-electron chi connectivity index (χ0n) is 17.6. The van der Waals surface area contributed by atoms with Crippen molar-refractivity contribution in [3.05, 3.63) is 70.0 Å². The summed E-state index contributed by atoms with van der Waals surface area (Å²) in [7, 11) is 5.25. The van der Waals surface area contributed by atoms with E-state index < -0.39 is 29.3 Å². The molecule has 0 aromatic heterocycles. The summed E-state index contributed by atoms with van der Waals surface area (Å²) >= 11 is 6.17. The Morgan fingerprint density at radius 2 is 1.94 bits per heavy atom. The summed E-state index contributed by atoms with van der Waals surface area (Å²) in [4.78, 5) is 29.0. The Kier molecular flexibility index (Phi) is 6.97. The first kappa shape index (κ1) is 22.8. The van der Waals surface area contributed by atoms with E-state index in [1.807, 2.05) is 19.0 Å². The van der Waals surface area contributed by atoms with Crippen LogP contribution >= 0.6 is 11.6 Å². The molecule has 1 N–H and O–H groups in total. The van der Waals surface area contributed by atoms with E-state index in [1.165, 1.54) is 42.3 Å². The van der Waals surface area contributed by atoms with Crippen molar-refractivity contribution in [2.45, 2.75) is 12.5 Å². The first-order chi connectivity index (χ1) is 14.8. The molecular formula is C23H24ClFN2O4. The number of benzene rings is 2. The highest BCUT2D eigenvalue weighted by Crippen LogP contribution is 2.41. The van der Waals surface area contributed by atoms with E-state index in [0.29, 0.717) is 18.7 Å². The lowest BCUT2D eigenvalue weighted by atomic mass is 9.95. The Hall–Kier alpha value is -2.90. The zero-order chi connectivity index (χ0) is 22.7. The van der Waals surface area contributed by atoms with E-state index in [9.17, 15) is 19.1 Å². The summed E-state index contributed by atoms with van der Waals surface area (Å²) in [6.07, 6.45) is 0.583. The van der Waals surface area contributed by atoms with Gasteiger partial charge in [-0.2, -0.15) is 0 Å². The highest BCUT2D eigenvalue weighted by atomic mass is 35.5. The predicted octanol–water partition coefficient (Wildman–Crippen LogP) is 3.86. The fraction of sp³-hybridized carbons (Fsp3) is 0.304. The molecule has 2 aromatic rings. The van der Waals surface area contributed by atoms with Gasteiger partial charge in [0.05, 0.1) is 23.7 Å². The van der Waals surface area contributed by atoms with Crippen LogP contribution in [0.4, 0.5) is 4.39 Å². The lowest BCUT2D eigenvalue weighted by Gasteiger charge is -2.26. The van der Waals surface area contributed by atoms with Gasteiger partial charge in [-0.15, -0.1) is 0 Å². The number of ether oxygens (including phenoxy) is 1. The second kappa shape index (κ2) is 9.49. The van der Waals surface area contributed by atoms with Crippen LogP contribution in [0.2, 0.25) is 5.02 Å². The number of rotatable bonds is 7. The minimum atomic E-state index is -1.04. The maximum Gasteiger partial charge on any atom is 0.295 e. The lowest BCUT2D eigenvalue weighted by Crippen LogP contribution is -2.32. The maximum atomic E-state index is 14.7. The van der Waals surface area contributed by atoms with Gasteiger partial charge in [-0.1, -0.05) is 29.8 Å². The summed E-state index contributed by atoms with van der Waals surface area (Å²) in [5.41, 5.74) is 0.215. The van der Waals surface area contributed by atoms with Crippen molar-refractivity contribution in [1.29, 1.82) is 0 Å². The first-order valence-corrected chi connectivity index (χ1v) is 10.2. The summed E-state index contributed by atoms with van der Waals surface area (Å²) in [5.74, 6) is -2.21. The monoisotopic (exact) mass is 446 g/mol. The number of hydrogen-bond donors (Lipinski definition) is 1. The van der Waals surface area contributed by atoms with Gasteiger partial charge in [0.25, 0.3) is 11.7 Å². The van der Waals surface area contributed by atoms with Crippen molar-refractivity contribution < 1.29 is 23.8 Å². The minimum absolute atomic E-state index is 0.146. The van der Waals surface area contributed by atoms with E-state index in [4.69, 9.17) is 16.3 Å². The SMILES string of the molecule is COc1ccc(C(O)=C2C(=O)C(=O)N(CCCN(C)C)[C@H]2c2ccccc2F)cc1Cl. The molecule has 1 atom stereocenters. The third kappa shape index (κ3) is 4.57. The fourth-order valence-electron chi connectivity index (χ4n) is 3.66. The zero-order valence-corrected chi connectivity index (χ0v) is 18.3. The van der Waals surface area contributed by atoms with Gasteiger partial charge in [0.2, 0.25) is 0 Å². The van der Waals surface area contributed by atoms with Gasteiger partial charge < -0.3 is 19.6 Å². The molecule has 1 fully saturated rings. The smallest absolute Gasteiger partial charge is 0.295 e. The Morgan fingerprint density at radius 3 is 2.55 bits per heavy atom. The normalized spacial score (nSPS) is 18.1. The molecule has 31 heavy (non-hydrogen) atoms. The first-order valence-electron chi connectivity index (χ1n) is 9.77. The molecule has 1 saturated heterocycles. The highest BCUT2D eigenvalue weighted by molar-refractivity contribution is 6.46. The van der Waals surface area contributed by atoms with Crippen molar-refractivity contribution in [2.24, 2.45) is 0 Å². The van der Waals surface area contributed by atoms with Crippen LogP contribution in [0, 0.1) is 5.82 Å². The Bertz CT molecular complexity index is 1040. The summed E-state index contributed by atoms with van der Waals surface area (Å²) < 4.78 is 19.8. The number of amides is 1. The van der Waals surface area contributed by atoms with Crippen molar-refractivity contribution >= 4 is 29.1 Å². The molecule has 1 heterocycles. The van der Waals surface area contributed by atoms with E-state index in [0.717, 1.165) is 0 Å². The summed E-state index contributed by atoms with van der Waals surface area (Å²) in [5, 5.41) is 11.2. The van der Waals surface area contributed by atoms with Crippen LogP contribution in [-0.4, -0.2) is 60.9 Å². The van der Waals surface area contributed by atoms with Crippen LogP contribution in [0.3, 0.4) is 0 Å². The molecular weight excluding hydrogens is 423 g/mol. The van der Waals surface area contributed by atoms with Crippen LogP contribution in [-0.2, 0) is 9.59 Å². The average molecular weight is 447 g/mol. The van der Waals surface area contributed by atoms with Crippen molar-refractivity contribution in [1.82, 2.24) is 9.80 Å². The molecule has 0 radical (unpaired) electrons. The topological polar surface area (TPSA) is 70.1 Å². The minimum Gasteiger partial charge on any atom is -0.507 e. The number of carbonyl (C=O) groups excluding carboxylic acids is 2. The molecule has 1 aliphatic rings. The van der Waals surface area contributed by atoms with E-state index in [2.05, 4.69) is 0 Å². The van der Waals surface area contributed by atoms with E-state index in [1.54, 1.807) is 12.1 Å². The van der Waals surface area contributed by atoms with Gasteiger partial charge in [0.15, 0.2) is 0 Å². The van der Waals surface area contributed by atoms with Crippen molar-refractivity contribution in [3.8, 4) is 5.75 Å². The van der Waals surface area contributed by atoms with Gasteiger partial charge in [-0.05, 0) is 51.3 Å². The third-order valence-corrected chi connectivity index (χ3v) is 5.46. The van der Waals surface area contributed by atoms with Crippen LogP contribution in [0.1, 0.15) is 23.6 Å². The quantitative estimate of drug-likeness (QED) is 0.397. The number of Topliss-reactive ketones (excluding diaryl/α,β-unsaturated/α-hetero) is 1. The number of hydrogen-bond acceptors (Lipinski definition) is 5. The number of carbonyl (C=O) groups is 2. The second-order valence-corrected chi connectivity index (χ2v) is 7.93. The number of likely N-dealkylation sites (tertiary alicyclic amines) is 1. The van der Waals surface area contributed by atoms with Gasteiger partial charge in [-0.3, -0.25) is 9.59 Å². The fourth-order valence-corrected chi connectivity index (χ4v) is 3.91. The molecule has 0 unspecified atom stereocenters. The number of halogens is 2. The third-order valence-electron chi connectivity index (χ3n) is 5.17. The van der Waals surface area contributed by atoms with Crippen LogP contribution in [0.15, 0.2) is 48.0 Å². The van der Waals surface area contributed by atoms with Crippen molar-refractivity contribution in [2.75, 3.05) is 34.3 Å². The number of aliphatic hydroxyl groups excluding tert-OH is 1. The Morgan fingerprint density at radius 1 is 1.23 bits per heavy atom. The Balaban J connectivity index is 2.13. The standard InChI is InChI=1S/C23H24ClFN2O4/c1-26(2)11-6-12-27-20(15-7-4-5-8-17(15)25)19(22(29)23(27)30)21(28)14-9-10-18(31-3)16(24)13-14/h4-5,7-10,13,20,28H,6,11-12H2,1-3H3/t20-/m0/s1. The molecule has 0 spiro atoms. The molecule has 0 bridgehead atoms. The van der Waals surface area contributed by atoms with Gasteiger partial charge in [0, 0.05) is 17.7 Å². The van der Waals surface area contributed by atoms with Crippen molar-refractivity contribution in [3.63, 3.8) is 0 Å². The molecule has 164 valence electrons. The number of aliphatic hydroxyl groups is 1. The highest BCUT2D eigenvalue weighted by Gasteiger charge is 2.46. The van der Waals surface area contributed by atoms with Gasteiger partial charge in [0.1, 0.15) is 17.3 Å². The number of methoxy groups -OCH3 is 1. The van der Waals surface area contributed by atoms with Gasteiger partial charge >= 0.3 is 0 Å². The second-order valence-electron chi connectivity index (χ2n) is 7.52. The molecule has 0 saturated carbocycles. The largest absolute Gasteiger partial charge is 0.507 e. The number of ketones is 1. The Labute approximate surface area is 185 Å².